The number of hydrogen-bond donors (Lipinski definition) is 0. The molecule has 0 bridgehead atoms. The lowest BCUT2D eigenvalue weighted by atomic mass is 10.0. The van der Waals surface area contributed by atoms with Gasteiger partial charge in [0.25, 0.3) is 0 Å². The topological polar surface area (TPSA) is 66.7 Å². The van der Waals surface area contributed by atoms with Crippen molar-refractivity contribution in [2.45, 2.75) is 51.7 Å². The molecule has 1 aromatic rings. The van der Waals surface area contributed by atoms with Crippen LogP contribution in [-0.4, -0.2) is 45.4 Å². The van der Waals surface area contributed by atoms with Crippen LogP contribution in [-0.2, 0) is 16.1 Å². The van der Waals surface area contributed by atoms with Gasteiger partial charge in [0.1, 0.15) is 23.5 Å². The van der Waals surface area contributed by atoms with E-state index >= 15 is 0 Å². The highest BCUT2D eigenvalue weighted by Crippen LogP contribution is 2.29. The Morgan fingerprint density at radius 3 is 2.85 bits per heavy atom. The van der Waals surface area contributed by atoms with Crippen molar-refractivity contribution in [3.63, 3.8) is 0 Å². The van der Waals surface area contributed by atoms with Crippen LogP contribution in [0.1, 0.15) is 37.6 Å². The van der Waals surface area contributed by atoms with Crippen molar-refractivity contribution in [2.75, 3.05) is 6.54 Å². The second kappa shape index (κ2) is 4.92. The molecule has 3 rings (SSSR count). The number of aromatic nitrogens is 1. The van der Waals surface area contributed by atoms with E-state index in [1.807, 2.05) is 19.9 Å². The van der Waals surface area contributed by atoms with Gasteiger partial charge in [-0.05, 0) is 26.2 Å². The molecule has 2 atom stereocenters. The van der Waals surface area contributed by atoms with E-state index in [1.165, 1.54) is 0 Å². The first-order chi connectivity index (χ1) is 9.61. The van der Waals surface area contributed by atoms with Crippen LogP contribution in [0.5, 0.6) is 0 Å². The summed E-state index contributed by atoms with van der Waals surface area (Å²) in [5, 5.41) is 3.93. The van der Waals surface area contributed by atoms with Crippen molar-refractivity contribution in [2.24, 2.45) is 0 Å². The predicted molar refractivity (Wildman–Crippen MR) is 70.6 cm³/mol. The van der Waals surface area contributed by atoms with Crippen LogP contribution in [0.15, 0.2) is 10.6 Å². The summed E-state index contributed by atoms with van der Waals surface area (Å²) in [6, 6.07) is 1.18. The van der Waals surface area contributed by atoms with E-state index in [0.717, 1.165) is 12.8 Å². The summed E-state index contributed by atoms with van der Waals surface area (Å²) in [6.45, 7) is 4.82. The zero-order valence-electron chi connectivity index (χ0n) is 11.8. The molecular weight excluding hydrogens is 258 g/mol. The number of rotatable bonds is 3. The van der Waals surface area contributed by atoms with E-state index in [-0.39, 0.29) is 23.9 Å². The maximum atomic E-state index is 12.6. The van der Waals surface area contributed by atoms with E-state index in [0.29, 0.717) is 31.0 Å². The van der Waals surface area contributed by atoms with Crippen LogP contribution in [0.25, 0.3) is 0 Å². The van der Waals surface area contributed by atoms with Gasteiger partial charge in [0.2, 0.25) is 11.8 Å². The number of amides is 2. The lowest BCUT2D eigenvalue weighted by Gasteiger charge is -2.41. The van der Waals surface area contributed by atoms with Crippen molar-refractivity contribution in [1.29, 1.82) is 0 Å². The van der Waals surface area contributed by atoms with Crippen molar-refractivity contribution in [3.8, 4) is 0 Å². The van der Waals surface area contributed by atoms with Crippen molar-refractivity contribution in [3.05, 3.63) is 17.5 Å². The largest absolute Gasteiger partial charge is 0.361 e. The van der Waals surface area contributed by atoms with Crippen LogP contribution in [0.2, 0.25) is 0 Å². The highest BCUT2D eigenvalue weighted by molar-refractivity contribution is 5.97. The lowest BCUT2D eigenvalue weighted by molar-refractivity contribution is -0.160. The number of carbonyl (C=O) groups excluding carboxylic acids is 2. The number of piperazine rings is 1. The summed E-state index contributed by atoms with van der Waals surface area (Å²) in [7, 11) is 0. The molecule has 2 saturated heterocycles. The Morgan fingerprint density at radius 1 is 1.40 bits per heavy atom. The van der Waals surface area contributed by atoms with Gasteiger partial charge < -0.3 is 14.3 Å². The molecule has 0 saturated carbocycles. The zero-order valence-corrected chi connectivity index (χ0v) is 11.8. The Hall–Kier alpha value is -1.85. The fraction of sp³-hybridized carbons (Fsp3) is 0.643. The first-order valence-corrected chi connectivity index (χ1v) is 7.15. The minimum Gasteiger partial charge on any atom is -0.361 e. The number of hydrogen-bond acceptors (Lipinski definition) is 4. The first kappa shape index (κ1) is 13.1. The SMILES string of the molecule is CCC1C(=O)N2CCCC2C(=O)N1Cc1cc(C)on1. The molecule has 6 heteroatoms. The van der Waals surface area contributed by atoms with Crippen molar-refractivity contribution < 1.29 is 14.1 Å². The van der Waals surface area contributed by atoms with Crippen molar-refractivity contribution in [1.82, 2.24) is 15.0 Å². The first-order valence-electron chi connectivity index (χ1n) is 7.15. The molecule has 2 aliphatic heterocycles. The van der Waals surface area contributed by atoms with Gasteiger partial charge in [-0.3, -0.25) is 9.59 Å². The standard InChI is InChI=1S/C14H19N3O3/c1-3-11-13(18)16-6-4-5-12(16)14(19)17(11)8-10-7-9(2)20-15-10/h7,11-12H,3-6,8H2,1-2H3. The van der Waals surface area contributed by atoms with Gasteiger partial charge in [-0.15, -0.1) is 0 Å². The highest BCUT2D eigenvalue weighted by atomic mass is 16.5. The number of carbonyl (C=O) groups is 2. The predicted octanol–water partition coefficient (Wildman–Crippen LogP) is 1.09. The Bertz CT molecular complexity index is 540. The zero-order chi connectivity index (χ0) is 14.3. The highest BCUT2D eigenvalue weighted by Gasteiger charge is 2.47. The molecule has 2 fully saturated rings. The van der Waals surface area contributed by atoms with Gasteiger partial charge in [0.05, 0.1) is 6.54 Å². The Labute approximate surface area is 117 Å². The third kappa shape index (κ3) is 1.99. The molecule has 20 heavy (non-hydrogen) atoms. The molecule has 2 aliphatic rings. The van der Waals surface area contributed by atoms with Gasteiger partial charge in [-0.2, -0.15) is 0 Å². The molecule has 6 nitrogen and oxygen atoms in total. The average Bonchev–Trinajstić information content (AvgIpc) is 3.05. The molecule has 2 amide bonds. The Balaban J connectivity index is 1.86. The Kier molecular flexibility index (Phi) is 3.23. The maximum Gasteiger partial charge on any atom is 0.246 e. The van der Waals surface area contributed by atoms with Gasteiger partial charge >= 0.3 is 0 Å². The molecule has 108 valence electrons. The molecule has 0 aliphatic carbocycles. The number of aryl methyl sites for hydroxylation is 1. The average molecular weight is 277 g/mol. The summed E-state index contributed by atoms with van der Waals surface area (Å²) < 4.78 is 5.04. The third-order valence-corrected chi connectivity index (χ3v) is 4.16. The van der Waals surface area contributed by atoms with Crippen molar-refractivity contribution >= 4 is 11.8 Å². The quantitative estimate of drug-likeness (QED) is 0.829. The van der Waals surface area contributed by atoms with E-state index < -0.39 is 0 Å². The number of nitrogens with zero attached hydrogens (tertiary/aromatic N) is 3. The minimum absolute atomic E-state index is 0.0506. The maximum absolute atomic E-state index is 12.6. The Morgan fingerprint density at radius 2 is 2.20 bits per heavy atom. The van der Waals surface area contributed by atoms with Gasteiger partial charge in [0.15, 0.2) is 0 Å². The van der Waals surface area contributed by atoms with Gasteiger partial charge in [-0.1, -0.05) is 12.1 Å². The monoisotopic (exact) mass is 277 g/mol. The fourth-order valence-electron chi connectivity index (χ4n) is 3.21. The molecule has 0 aromatic carbocycles. The van der Waals surface area contributed by atoms with Gasteiger partial charge in [-0.25, -0.2) is 0 Å². The molecule has 0 N–H and O–H groups in total. The molecule has 2 unspecified atom stereocenters. The van der Waals surface area contributed by atoms with Crippen LogP contribution < -0.4 is 0 Å². The summed E-state index contributed by atoms with van der Waals surface area (Å²) in [5.74, 6) is 0.843. The summed E-state index contributed by atoms with van der Waals surface area (Å²) >= 11 is 0. The third-order valence-electron chi connectivity index (χ3n) is 4.16. The molecule has 1 aromatic heterocycles. The molecule has 3 heterocycles. The number of fused-ring (bicyclic) bond motifs is 1. The lowest BCUT2D eigenvalue weighted by Crippen LogP contribution is -2.62. The summed E-state index contributed by atoms with van der Waals surface area (Å²) in [4.78, 5) is 28.5. The van der Waals surface area contributed by atoms with E-state index in [9.17, 15) is 9.59 Å². The van der Waals surface area contributed by atoms with E-state index in [4.69, 9.17) is 4.52 Å². The normalized spacial score (nSPS) is 26.3. The molecule has 0 radical (unpaired) electrons. The van der Waals surface area contributed by atoms with Gasteiger partial charge in [0, 0.05) is 12.6 Å². The van der Waals surface area contributed by atoms with Crippen LogP contribution >= 0.6 is 0 Å². The second-order valence-corrected chi connectivity index (χ2v) is 5.51. The second-order valence-electron chi connectivity index (χ2n) is 5.51. The smallest absolute Gasteiger partial charge is 0.246 e. The van der Waals surface area contributed by atoms with Crippen LogP contribution in [0.4, 0.5) is 0 Å². The molecule has 0 spiro atoms. The minimum atomic E-state index is -0.367. The fourth-order valence-corrected chi connectivity index (χ4v) is 3.21. The van der Waals surface area contributed by atoms with E-state index in [2.05, 4.69) is 5.16 Å². The summed E-state index contributed by atoms with van der Waals surface area (Å²) in [5.41, 5.74) is 0.702. The molecular formula is C14H19N3O3. The van der Waals surface area contributed by atoms with E-state index in [1.54, 1.807) is 9.80 Å². The van der Waals surface area contributed by atoms with Crippen LogP contribution in [0, 0.1) is 6.92 Å². The summed E-state index contributed by atoms with van der Waals surface area (Å²) in [6.07, 6.45) is 2.31. The van der Waals surface area contributed by atoms with Crippen LogP contribution in [0.3, 0.4) is 0 Å².